The molecule has 0 unspecified atom stereocenters. The third-order valence-electron chi connectivity index (χ3n) is 4.08. The van der Waals surface area contributed by atoms with E-state index in [9.17, 15) is 4.79 Å². The molecule has 0 saturated carbocycles. The molecule has 2 aromatic heterocycles. The van der Waals surface area contributed by atoms with E-state index in [0.717, 1.165) is 22.6 Å². The van der Waals surface area contributed by atoms with E-state index in [1.54, 1.807) is 6.20 Å². The lowest BCUT2D eigenvalue weighted by Gasteiger charge is -2.19. The van der Waals surface area contributed by atoms with Crippen LogP contribution >= 0.6 is 0 Å². The molecule has 1 amide bonds. The molecule has 3 rings (SSSR count). The van der Waals surface area contributed by atoms with E-state index >= 15 is 0 Å². The van der Waals surface area contributed by atoms with Crippen molar-refractivity contribution in [3.8, 4) is 11.3 Å². The lowest BCUT2D eigenvalue weighted by atomic mass is 9.86. The van der Waals surface area contributed by atoms with Crippen LogP contribution in [0, 0.1) is 0 Å². The Labute approximate surface area is 147 Å². The average Bonchev–Trinajstić information content (AvgIpc) is 3.06. The van der Waals surface area contributed by atoms with Crippen molar-refractivity contribution in [1.29, 1.82) is 0 Å². The first-order valence-corrected chi connectivity index (χ1v) is 8.22. The van der Waals surface area contributed by atoms with Crippen LogP contribution in [-0.2, 0) is 16.8 Å². The van der Waals surface area contributed by atoms with Gasteiger partial charge in [0.2, 0.25) is 5.91 Å². The number of hydrogen-bond acceptors (Lipinski definition) is 3. The van der Waals surface area contributed by atoms with Crippen LogP contribution in [0.2, 0.25) is 0 Å². The maximum atomic E-state index is 11.4. The monoisotopic (exact) mass is 334 g/mol. The Bertz CT molecular complexity index is 917. The highest BCUT2D eigenvalue weighted by Crippen LogP contribution is 2.27. The van der Waals surface area contributed by atoms with Gasteiger partial charge in [-0.1, -0.05) is 51.6 Å². The van der Waals surface area contributed by atoms with Gasteiger partial charge in [-0.15, -0.1) is 0 Å². The topological polar surface area (TPSA) is 59.3 Å². The van der Waals surface area contributed by atoms with Crippen LogP contribution < -0.4 is 5.32 Å². The Balaban J connectivity index is 2.01. The van der Waals surface area contributed by atoms with Gasteiger partial charge in [-0.2, -0.15) is 0 Å². The molecular formula is C20H22N4O. The Morgan fingerprint density at radius 1 is 1.28 bits per heavy atom. The number of fused-ring (bicyclic) bond motifs is 1. The number of carbonyl (C=O) groups is 1. The summed E-state index contributed by atoms with van der Waals surface area (Å²) in [7, 11) is 0. The minimum Gasteiger partial charge on any atom is -0.347 e. The van der Waals surface area contributed by atoms with Gasteiger partial charge in [-0.25, -0.2) is 9.97 Å². The van der Waals surface area contributed by atoms with Crippen molar-refractivity contribution in [3.05, 3.63) is 66.8 Å². The molecule has 0 fully saturated rings. The van der Waals surface area contributed by atoms with Crippen LogP contribution in [0.1, 0.15) is 32.0 Å². The van der Waals surface area contributed by atoms with Crippen molar-refractivity contribution < 1.29 is 4.79 Å². The van der Waals surface area contributed by atoms with Crippen LogP contribution in [-0.4, -0.2) is 20.3 Å². The van der Waals surface area contributed by atoms with Crippen molar-refractivity contribution in [3.63, 3.8) is 0 Å². The Hall–Kier alpha value is -2.95. The van der Waals surface area contributed by atoms with Crippen molar-refractivity contribution in [2.45, 2.75) is 32.7 Å². The van der Waals surface area contributed by atoms with Gasteiger partial charge in [0.1, 0.15) is 5.69 Å². The first kappa shape index (κ1) is 16.9. The molecule has 5 nitrogen and oxygen atoms in total. The van der Waals surface area contributed by atoms with E-state index in [4.69, 9.17) is 4.98 Å². The number of nitrogens with zero attached hydrogens (tertiary/aromatic N) is 3. The quantitative estimate of drug-likeness (QED) is 0.743. The largest absolute Gasteiger partial charge is 0.347 e. The Morgan fingerprint density at radius 3 is 2.64 bits per heavy atom. The molecule has 5 heteroatoms. The first-order valence-electron chi connectivity index (χ1n) is 8.22. The molecule has 0 aliphatic heterocycles. The molecule has 2 heterocycles. The zero-order valence-electron chi connectivity index (χ0n) is 14.8. The summed E-state index contributed by atoms with van der Waals surface area (Å²) in [5.74, 6) is -0.219. The van der Waals surface area contributed by atoms with Gasteiger partial charge in [0.25, 0.3) is 0 Å². The second-order valence-electron chi connectivity index (χ2n) is 6.99. The molecule has 0 aliphatic carbocycles. The predicted octanol–water partition coefficient (Wildman–Crippen LogP) is 3.50. The summed E-state index contributed by atoms with van der Waals surface area (Å²) in [5, 5.41) is 2.76. The molecular weight excluding hydrogens is 312 g/mol. The summed E-state index contributed by atoms with van der Waals surface area (Å²) in [4.78, 5) is 20.5. The highest BCUT2D eigenvalue weighted by Gasteiger charge is 2.15. The number of rotatable bonds is 4. The molecule has 1 N–H and O–H groups in total. The average molecular weight is 334 g/mol. The second-order valence-corrected chi connectivity index (χ2v) is 6.99. The normalized spacial score (nSPS) is 11.5. The van der Waals surface area contributed by atoms with E-state index in [1.165, 1.54) is 11.6 Å². The van der Waals surface area contributed by atoms with Gasteiger partial charge in [-0.05, 0) is 17.1 Å². The van der Waals surface area contributed by atoms with E-state index in [1.807, 2.05) is 16.8 Å². The lowest BCUT2D eigenvalue weighted by molar-refractivity contribution is -0.116. The van der Waals surface area contributed by atoms with Gasteiger partial charge in [-0.3, -0.25) is 4.79 Å². The lowest BCUT2D eigenvalue weighted by Crippen LogP contribution is -2.21. The fourth-order valence-electron chi connectivity index (χ4n) is 2.64. The molecule has 0 radical (unpaired) electrons. The standard InChI is InChI=1S/C20H22N4O/c1-5-17(25)22-12-16-13-24-11-10-21-19(24)18(23-16)14-6-8-15(9-7-14)20(2,3)4/h5-11,13H,1,12H2,2-4H3,(H,22,25). The zero-order chi connectivity index (χ0) is 18.0. The molecule has 3 aromatic rings. The van der Waals surface area contributed by atoms with Crippen molar-refractivity contribution >= 4 is 11.6 Å². The number of hydrogen-bond donors (Lipinski definition) is 1. The molecule has 0 bridgehead atoms. The number of aromatic nitrogens is 3. The van der Waals surface area contributed by atoms with E-state index in [-0.39, 0.29) is 11.3 Å². The SMILES string of the molecule is C=CC(=O)NCc1cn2ccnc2c(-c2ccc(C(C)(C)C)cc2)n1. The highest BCUT2D eigenvalue weighted by molar-refractivity contribution is 5.86. The minimum atomic E-state index is -0.219. The number of amides is 1. The van der Waals surface area contributed by atoms with Crippen LogP contribution in [0.15, 0.2) is 55.5 Å². The molecule has 128 valence electrons. The number of imidazole rings is 1. The van der Waals surface area contributed by atoms with Gasteiger partial charge in [0.15, 0.2) is 5.65 Å². The van der Waals surface area contributed by atoms with Gasteiger partial charge in [0, 0.05) is 24.2 Å². The summed E-state index contributed by atoms with van der Waals surface area (Å²) >= 11 is 0. The van der Waals surface area contributed by atoms with Gasteiger partial charge >= 0.3 is 0 Å². The van der Waals surface area contributed by atoms with Gasteiger partial charge < -0.3 is 9.72 Å². The highest BCUT2D eigenvalue weighted by atomic mass is 16.1. The van der Waals surface area contributed by atoms with E-state index in [0.29, 0.717) is 6.54 Å². The molecule has 0 spiro atoms. The summed E-state index contributed by atoms with van der Waals surface area (Å²) in [6.07, 6.45) is 6.75. The molecule has 0 aliphatic rings. The smallest absolute Gasteiger partial charge is 0.243 e. The number of nitrogens with one attached hydrogen (secondary N) is 1. The van der Waals surface area contributed by atoms with Crippen molar-refractivity contribution in [2.75, 3.05) is 0 Å². The zero-order valence-corrected chi connectivity index (χ0v) is 14.8. The maximum absolute atomic E-state index is 11.4. The molecule has 0 saturated heterocycles. The van der Waals surface area contributed by atoms with Crippen molar-refractivity contribution in [2.24, 2.45) is 0 Å². The third kappa shape index (κ3) is 3.60. The van der Waals surface area contributed by atoms with Crippen LogP contribution in [0.5, 0.6) is 0 Å². The predicted molar refractivity (Wildman–Crippen MR) is 99.2 cm³/mol. The van der Waals surface area contributed by atoms with E-state index in [2.05, 4.69) is 61.9 Å². The number of carbonyl (C=O) groups excluding carboxylic acids is 1. The summed E-state index contributed by atoms with van der Waals surface area (Å²) < 4.78 is 1.93. The van der Waals surface area contributed by atoms with E-state index < -0.39 is 0 Å². The van der Waals surface area contributed by atoms with Gasteiger partial charge in [0.05, 0.1) is 12.2 Å². The maximum Gasteiger partial charge on any atom is 0.243 e. The van der Waals surface area contributed by atoms with Crippen molar-refractivity contribution in [1.82, 2.24) is 19.7 Å². The Morgan fingerprint density at radius 2 is 2.00 bits per heavy atom. The summed E-state index contributed by atoms with van der Waals surface area (Å²) in [6.45, 7) is 10.4. The fourth-order valence-corrected chi connectivity index (χ4v) is 2.64. The molecule has 1 aromatic carbocycles. The third-order valence-corrected chi connectivity index (χ3v) is 4.08. The minimum absolute atomic E-state index is 0.103. The summed E-state index contributed by atoms with van der Waals surface area (Å²) in [5.41, 5.74) is 4.73. The first-order chi connectivity index (χ1) is 11.9. The molecule has 25 heavy (non-hydrogen) atoms. The molecule has 0 atom stereocenters. The van der Waals surface area contributed by atoms with Crippen LogP contribution in [0.3, 0.4) is 0 Å². The van der Waals surface area contributed by atoms with Crippen LogP contribution in [0.25, 0.3) is 16.9 Å². The number of benzene rings is 1. The fraction of sp³-hybridized carbons (Fsp3) is 0.250. The second kappa shape index (κ2) is 6.51. The van der Waals surface area contributed by atoms with Crippen LogP contribution in [0.4, 0.5) is 0 Å². The Kier molecular flexibility index (Phi) is 4.40. The summed E-state index contributed by atoms with van der Waals surface area (Å²) in [6, 6.07) is 8.40.